The molecule has 136 valence electrons. The van der Waals surface area contributed by atoms with Crippen LogP contribution < -0.4 is 5.32 Å². The molecule has 1 saturated carbocycles. The molecule has 2 aliphatic rings. The Morgan fingerprint density at radius 3 is 2.12 bits per heavy atom. The van der Waals surface area contributed by atoms with E-state index in [2.05, 4.69) is 5.32 Å². The molecule has 3 rings (SSSR count). The van der Waals surface area contributed by atoms with Gasteiger partial charge in [-0.05, 0) is 43.9 Å². The third-order valence-corrected chi connectivity index (χ3v) is 5.46. The highest BCUT2D eigenvalue weighted by Gasteiger charge is 2.20. The van der Waals surface area contributed by atoms with Gasteiger partial charge in [-0.2, -0.15) is 0 Å². The van der Waals surface area contributed by atoms with Crippen LogP contribution in [0, 0.1) is 0 Å². The summed E-state index contributed by atoms with van der Waals surface area (Å²) in [5.74, 6) is 0.0171. The van der Waals surface area contributed by atoms with E-state index in [0.717, 1.165) is 38.8 Å². The molecule has 0 bridgehead atoms. The van der Waals surface area contributed by atoms with Crippen LogP contribution in [0.25, 0.3) is 0 Å². The largest absolute Gasteiger partial charge is 0.349 e. The van der Waals surface area contributed by atoms with Gasteiger partial charge in [0.25, 0.3) is 11.8 Å². The SMILES string of the molecule is O=C(NC1CCCCCC1)c1cccc(C(=O)N2CCCCCC2)c1. The van der Waals surface area contributed by atoms with E-state index in [1.165, 1.54) is 38.5 Å². The average Bonchev–Trinajstić information content (AvgIpc) is 3.06. The maximum atomic E-state index is 12.8. The van der Waals surface area contributed by atoms with Gasteiger partial charge in [0.05, 0.1) is 0 Å². The molecule has 0 atom stereocenters. The molecule has 0 spiro atoms. The highest BCUT2D eigenvalue weighted by molar-refractivity contribution is 5.99. The summed E-state index contributed by atoms with van der Waals surface area (Å²) >= 11 is 0. The fourth-order valence-corrected chi connectivity index (χ4v) is 3.94. The molecule has 2 fully saturated rings. The fourth-order valence-electron chi connectivity index (χ4n) is 3.94. The lowest BCUT2D eigenvalue weighted by atomic mass is 10.1. The molecule has 1 aromatic carbocycles. The summed E-state index contributed by atoms with van der Waals surface area (Å²) in [7, 11) is 0. The van der Waals surface area contributed by atoms with Crippen molar-refractivity contribution in [2.45, 2.75) is 70.3 Å². The minimum atomic E-state index is -0.0441. The Morgan fingerprint density at radius 1 is 0.840 bits per heavy atom. The van der Waals surface area contributed by atoms with Gasteiger partial charge in [-0.3, -0.25) is 9.59 Å². The zero-order valence-electron chi connectivity index (χ0n) is 15.1. The summed E-state index contributed by atoms with van der Waals surface area (Å²) in [6, 6.07) is 7.51. The van der Waals surface area contributed by atoms with Crippen LogP contribution in [0.15, 0.2) is 24.3 Å². The number of hydrogen-bond acceptors (Lipinski definition) is 2. The quantitative estimate of drug-likeness (QED) is 0.839. The van der Waals surface area contributed by atoms with Crippen molar-refractivity contribution in [1.82, 2.24) is 10.2 Å². The van der Waals surface area contributed by atoms with Crippen LogP contribution in [0.4, 0.5) is 0 Å². The van der Waals surface area contributed by atoms with Crippen LogP contribution in [-0.2, 0) is 0 Å². The predicted molar refractivity (Wildman–Crippen MR) is 99.8 cm³/mol. The molecule has 1 aliphatic heterocycles. The predicted octanol–water partition coefficient (Wildman–Crippen LogP) is 4.16. The van der Waals surface area contributed by atoms with Crippen LogP contribution in [0.2, 0.25) is 0 Å². The van der Waals surface area contributed by atoms with Crippen molar-refractivity contribution in [3.8, 4) is 0 Å². The van der Waals surface area contributed by atoms with E-state index in [0.29, 0.717) is 11.1 Å². The van der Waals surface area contributed by atoms with E-state index >= 15 is 0 Å². The summed E-state index contributed by atoms with van der Waals surface area (Å²) in [6.07, 6.45) is 11.6. The molecule has 25 heavy (non-hydrogen) atoms. The van der Waals surface area contributed by atoms with Gasteiger partial charge in [-0.25, -0.2) is 0 Å². The van der Waals surface area contributed by atoms with Crippen molar-refractivity contribution in [3.63, 3.8) is 0 Å². The molecule has 0 aromatic heterocycles. The van der Waals surface area contributed by atoms with E-state index in [1.807, 2.05) is 23.1 Å². The first-order valence-electron chi connectivity index (χ1n) is 9.94. The first-order valence-corrected chi connectivity index (χ1v) is 9.94. The second kappa shape index (κ2) is 9.02. The smallest absolute Gasteiger partial charge is 0.253 e. The monoisotopic (exact) mass is 342 g/mol. The number of likely N-dealkylation sites (tertiary alicyclic amines) is 1. The summed E-state index contributed by atoms with van der Waals surface area (Å²) in [6.45, 7) is 1.66. The van der Waals surface area contributed by atoms with E-state index in [9.17, 15) is 9.59 Å². The first-order chi connectivity index (χ1) is 12.2. The van der Waals surface area contributed by atoms with Crippen LogP contribution in [0.3, 0.4) is 0 Å². The Morgan fingerprint density at radius 2 is 1.44 bits per heavy atom. The van der Waals surface area contributed by atoms with Gasteiger partial charge in [0, 0.05) is 30.3 Å². The van der Waals surface area contributed by atoms with Crippen molar-refractivity contribution in [1.29, 1.82) is 0 Å². The summed E-state index contributed by atoms with van der Waals surface area (Å²) in [4.78, 5) is 27.3. The lowest BCUT2D eigenvalue weighted by molar-refractivity contribution is 0.0761. The van der Waals surface area contributed by atoms with Gasteiger partial charge >= 0.3 is 0 Å². The molecule has 4 nitrogen and oxygen atoms in total. The minimum absolute atomic E-state index is 0.0441. The Kier molecular flexibility index (Phi) is 6.48. The van der Waals surface area contributed by atoms with Crippen LogP contribution in [0.1, 0.15) is 84.9 Å². The molecule has 1 heterocycles. The summed E-state index contributed by atoms with van der Waals surface area (Å²) in [5, 5.41) is 3.17. The Bertz CT molecular complexity index is 583. The Labute approximate surface area is 151 Å². The van der Waals surface area contributed by atoms with E-state index in [1.54, 1.807) is 6.07 Å². The van der Waals surface area contributed by atoms with Crippen molar-refractivity contribution < 1.29 is 9.59 Å². The molecule has 0 radical (unpaired) electrons. The molecule has 0 unspecified atom stereocenters. The van der Waals surface area contributed by atoms with Gasteiger partial charge in [0.15, 0.2) is 0 Å². The molecular formula is C21H30N2O2. The number of benzene rings is 1. The maximum absolute atomic E-state index is 12.8. The lowest BCUT2D eigenvalue weighted by Gasteiger charge is -2.21. The third-order valence-electron chi connectivity index (χ3n) is 5.46. The average molecular weight is 342 g/mol. The minimum Gasteiger partial charge on any atom is -0.349 e. The van der Waals surface area contributed by atoms with Crippen molar-refractivity contribution in [2.75, 3.05) is 13.1 Å². The Balaban J connectivity index is 1.65. The molecule has 1 aliphatic carbocycles. The van der Waals surface area contributed by atoms with Crippen LogP contribution in [0.5, 0.6) is 0 Å². The summed E-state index contributed by atoms with van der Waals surface area (Å²) < 4.78 is 0. The fraction of sp³-hybridized carbons (Fsp3) is 0.619. The number of rotatable bonds is 3. The second-order valence-electron chi connectivity index (χ2n) is 7.45. The zero-order chi connectivity index (χ0) is 17.5. The third kappa shape index (κ3) is 5.07. The normalized spacial score (nSPS) is 19.8. The van der Waals surface area contributed by atoms with Crippen LogP contribution in [-0.4, -0.2) is 35.8 Å². The maximum Gasteiger partial charge on any atom is 0.253 e. The van der Waals surface area contributed by atoms with Crippen molar-refractivity contribution in [3.05, 3.63) is 35.4 Å². The van der Waals surface area contributed by atoms with Crippen molar-refractivity contribution >= 4 is 11.8 Å². The topological polar surface area (TPSA) is 49.4 Å². The number of nitrogens with one attached hydrogen (secondary N) is 1. The highest BCUT2D eigenvalue weighted by atomic mass is 16.2. The van der Waals surface area contributed by atoms with Gasteiger partial charge in [0.1, 0.15) is 0 Å². The number of amides is 2. The number of carbonyl (C=O) groups excluding carboxylic acids is 2. The molecular weight excluding hydrogens is 312 g/mol. The van der Waals surface area contributed by atoms with Gasteiger partial charge in [0.2, 0.25) is 0 Å². The molecule has 4 heteroatoms. The van der Waals surface area contributed by atoms with Gasteiger partial charge in [-0.1, -0.05) is 44.6 Å². The highest BCUT2D eigenvalue weighted by Crippen LogP contribution is 2.18. The molecule has 1 aromatic rings. The number of nitrogens with zero attached hydrogens (tertiary/aromatic N) is 1. The lowest BCUT2D eigenvalue weighted by Crippen LogP contribution is -2.35. The first kappa shape index (κ1) is 18.0. The van der Waals surface area contributed by atoms with Crippen molar-refractivity contribution in [2.24, 2.45) is 0 Å². The molecule has 1 saturated heterocycles. The van der Waals surface area contributed by atoms with Crippen LogP contribution >= 0.6 is 0 Å². The molecule has 1 N–H and O–H groups in total. The van der Waals surface area contributed by atoms with Gasteiger partial charge < -0.3 is 10.2 Å². The summed E-state index contributed by atoms with van der Waals surface area (Å²) in [5.41, 5.74) is 1.24. The van der Waals surface area contributed by atoms with E-state index in [-0.39, 0.29) is 17.9 Å². The van der Waals surface area contributed by atoms with E-state index < -0.39 is 0 Å². The Hall–Kier alpha value is -1.84. The molecule has 2 amide bonds. The number of carbonyl (C=O) groups is 2. The number of hydrogen-bond donors (Lipinski definition) is 1. The second-order valence-corrected chi connectivity index (χ2v) is 7.45. The standard InChI is InChI=1S/C21H30N2O2/c24-20(22-19-12-5-1-2-6-13-19)17-10-9-11-18(16-17)21(25)23-14-7-3-4-8-15-23/h9-11,16,19H,1-8,12-15H2,(H,22,24). The van der Waals surface area contributed by atoms with E-state index in [4.69, 9.17) is 0 Å². The van der Waals surface area contributed by atoms with Gasteiger partial charge in [-0.15, -0.1) is 0 Å². The zero-order valence-corrected chi connectivity index (χ0v) is 15.1.